The Morgan fingerprint density at radius 1 is 1.00 bits per heavy atom. The Kier molecular flexibility index (Phi) is 6.49. The van der Waals surface area contributed by atoms with Crippen molar-refractivity contribution in [1.29, 1.82) is 0 Å². The third-order valence-corrected chi connectivity index (χ3v) is 7.73. The molecule has 6 rings (SSSR count). The minimum atomic E-state index is -0.328. The molecule has 1 N–H and O–H groups in total. The lowest BCUT2D eigenvalue weighted by molar-refractivity contribution is 0.194. The van der Waals surface area contributed by atoms with Crippen LogP contribution >= 0.6 is 11.6 Å². The average molecular weight is 536 g/mol. The van der Waals surface area contributed by atoms with Crippen LogP contribution in [0.15, 0.2) is 91.1 Å². The summed E-state index contributed by atoms with van der Waals surface area (Å²) in [5, 5.41) is 8.52. The second kappa shape index (κ2) is 10.1. The van der Waals surface area contributed by atoms with Gasteiger partial charge in [-0.15, -0.1) is 0 Å². The highest BCUT2D eigenvalue weighted by Gasteiger charge is 2.36. The van der Waals surface area contributed by atoms with Crippen LogP contribution in [-0.2, 0) is 13.0 Å². The Bertz CT molecular complexity index is 1650. The molecule has 3 aromatic carbocycles. The van der Waals surface area contributed by atoms with Crippen molar-refractivity contribution in [2.45, 2.75) is 39.8 Å². The highest BCUT2D eigenvalue weighted by molar-refractivity contribution is 6.33. The van der Waals surface area contributed by atoms with Gasteiger partial charge in [0.2, 0.25) is 0 Å². The number of carbonyl (C=O) groups is 1. The fourth-order valence-electron chi connectivity index (χ4n) is 5.34. The lowest BCUT2D eigenvalue weighted by Gasteiger charge is -2.31. The van der Waals surface area contributed by atoms with E-state index in [9.17, 15) is 4.79 Å². The topological polar surface area (TPSA) is 55.1 Å². The number of hydrogen-bond donors (Lipinski definition) is 1. The summed E-state index contributed by atoms with van der Waals surface area (Å²) in [5.41, 5.74) is 7.74. The third-order valence-electron chi connectivity index (χ3n) is 7.42. The van der Waals surface area contributed by atoms with Crippen LogP contribution in [0.4, 0.5) is 10.5 Å². The van der Waals surface area contributed by atoms with Crippen LogP contribution in [0.3, 0.4) is 0 Å². The van der Waals surface area contributed by atoms with E-state index in [0.29, 0.717) is 17.3 Å². The summed E-state index contributed by atoms with van der Waals surface area (Å²) in [4.78, 5) is 16.0. The van der Waals surface area contributed by atoms with Crippen molar-refractivity contribution in [2.24, 2.45) is 0 Å². The van der Waals surface area contributed by atoms with Gasteiger partial charge >= 0.3 is 6.03 Å². The number of fused-ring (bicyclic) bond motifs is 3. The number of hydrogen-bond acceptors (Lipinski definition) is 2. The van der Waals surface area contributed by atoms with Crippen LogP contribution in [-0.4, -0.2) is 25.3 Å². The summed E-state index contributed by atoms with van der Waals surface area (Å²) in [7, 11) is 0. The number of para-hydroxylation sites is 1. The number of urea groups is 1. The molecule has 1 atom stereocenters. The number of carbonyl (C=O) groups excluding carboxylic acids is 1. The van der Waals surface area contributed by atoms with E-state index in [-0.39, 0.29) is 12.1 Å². The first-order valence-corrected chi connectivity index (χ1v) is 13.6. The molecule has 0 spiro atoms. The predicted molar refractivity (Wildman–Crippen MR) is 156 cm³/mol. The van der Waals surface area contributed by atoms with Crippen LogP contribution in [0.25, 0.3) is 11.5 Å². The number of rotatable bonds is 4. The van der Waals surface area contributed by atoms with Crippen molar-refractivity contribution >= 4 is 23.3 Å². The minimum Gasteiger partial charge on any atom is -0.307 e. The summed E-state index contributed by atoms with van der Waals surface area (Å²) in [6, 6.07) is 27.9. The molecule has 1 unspecified atom stereocenters. The van der Waals surface area contributed by atoms with Crippen LogP contribution in [0.1, 0.15) is 46.6 Å². The molecule has 0 bridgehead atoms. The monoisotopic (exact) mass is 535 g/mol. The maximum absolute atomic E-state index is 14.1. The van der Waals surface area contributed by atoms with Crippen LogP contribution in [0, 0.1) is 13.8 Å². The normalized spacial score (nSPS) is 14.5. The van der Waals surface area contributed by atoms with Gasteiger partial charge in [-0.2, -0.15) is 5.10 Å². The number of aromatic nitrogens is 3. The molecule has 1 aliphatic heterocycles. The fraction of sp³-hybridized carbons (Fsp3) is 0.188. The Morgan fingerprint density at radius 3 is 2.49 bits per heavy atom. The average Bonchev–Trinajstić information content (AvgIpc) is 3.51. The smallest absolute Gasteiger partial charge is 0.307 e. The first kappa shape index (κ1) is 25.0. The van der Waals surface area contributed by atoms with Crippen molar-refractivity contribution in [3.8, 4) is 11.5 Å². The first-order chi connectivity index (χ1) is 18.9. The molecule has 3 heterocycles. The van der Waals surface area contributed by atoms with Gasteiger partial charge in [0.15, 0.2) is 0 Å². The zero-order valence-corrected chi connectivity index (χ0v) is 23.0. The molecule has 7 heteroatoms. The number of nitrogens with zero attached hydrogens (tertiary/aromatic N) is 4. The molecular weight excluding hydrogens is 506 g/mol. The highest BCUT2D eigenvalue weighted by atomic mass is 35.5. The summed E-state index contributed by atoms with van der Waals surface area (Å²) < 4.78 is 4.15. The SMILES string of the molecule is CCc1ccc(C2c3cccn3-c3c(c(C)nn3-c3ccccc3)CN2C(=O)Nc2ccc(C)cc2Cl)cc1. The molecule has 0 fully saturated rings. The number of halogens is 1. The van der Waals surface area contributed by atoms with E-state index < -0.39 is 0 Å². The van der Waals surface area contributed by atoms with E-state index in [0.717, 1.165) is 46.0 Å². The van der Waals surface area contributed by atoms with Gasteiger partial charge in [-0.3, -0.25) is 0 Å². The standard InChI is InChI=1S/C32H30ClN5O/c1-4-23-13-15-24(16-14-23)30-29-11-8-18-36(29)31-26(22(3)35-38(31)25-9-6-5-7-10-25)20-37(30)32(39)34-28-17-12-21(2)19-27(28)33/h5-19,30H,4,20H2,1-3H3,(H,34,39). The number of anilines is 1. The molecule has 5 aromatic rings. The van der Waals surface area contributed by atoms with Crippen molar-refractivity contribution in [1.82, 2.24) is 19.2 Å². The summed E-state index contributed by atoms with van der Waals surface area (Å²) in [5.74, 6) is 0.942. The predicted octanol–water partition coefficient (Wildman–Crippen LogP) is 7.63. The Hall–Kier alpha value is -4.29. The van der Waals surface area contributed by atoms with Crippen LogP contribution in [0.2, 0.25) is 5.02 Å². The van der Waals surface area contributed by atoms with E-state index in [2.05, 4.69) is 53.3 Å². The van der Waals surface area contributed by atoms with Crippen molar-refractivity contribution in [3.63, 3.8) is 0 Å². The number of amides is 2. The molecule has 2 aromatic heterocycles. The maximum atomic E-state index is 14.1. The maximum Gasteiger partial charge on any atom is 0.323 e. The number of benzene rings is 3. The molecule has 0 radical (unpaired) electrons. The van der Waals surface area contributed by atoms with Gasteiger partial charge in [0, 0.05) is 11.8 Å². The lowest BCUT2D eigenvalue weighted by Crippen LogP contribution is -2.38. The zero-order valence-electron chi connectivity index (χ0n) is 22.2. The zero-order chi connectivity index (χ0) is 27.1. The van der Waals surface area contributed by atoms with Crippen LogP contribution < -0.4 is 5.32 Å². The molecule has 0 saturated heterocycles. The van der Waals surface area contributed by atoms with Gasteiger partial charge in [-0.1, -0.05) is 67.1 Å². The summed E-state index contributed by atoms with van der Waals surface area (Å²) >= 11 is 6.52. The molecule has 1 aliphatic rings. The summed E-state index contributed by atoms with van der Waals surface area (Å²) in [6.45, 7) is 6.51. The third kappa shape index (κ3) is 4.51. The van der Waals surface area contributed by atoms with Crippen molar-refractivity contribution in [3.05, 3.63) is 130 Å². The molecule has 39 heavy (non-hydrogen) atoms. The van der Waals surface area contributed by atoms with E-state index >= 15 is 0 Å². The Balaban J connectivity index is 1.52. The fourth-order valence-corrected chi connectivity index (χ4v) is 5.63. The van der Waals surface area contributed by atoms with E-state index in [1.807, 2.05) is 78.0 Å². The van der Waals surface area contributed by atoms with Gasteiger partial charge < -0.3 is 14.8 Å². The molecule has 196 valence electrons. The molecular formula is C32H30ClN5O. The quantitative estimate of drug-likeness (QED) is 0.257. The molecule has 2 amide bonds. The van der Waals surface area contributed by atoms with E-state index in [1.54, 1.807) is 0 Å². The highest BCUT2D eigenvalue weighted by Crippen LogP contribution is 2.39. The van der Waals surface area contributed by atoms with Gasteiger partial charge in [0.25, 0.3) is 0 Å². The Morgan fingerprint density at radius 2 is 1.77 bits per heavy atom. The van der Waals surface area contributed by atoms with E-state index in [4.69, 9.17) is 16.7 Å². The number of aryl methyl sites for hydroxylation is 3. The Labute approximate surface area is 233 Å². The lowest BCUT2D eigenvalue weighted by atomic mass is 9.99. The van der Waals surface area contributed by atoms with Gasteiger partial charge in [0.05, 0.1) is 40.4 Å². The molecule has 0 saturated carbocycles. The largest absolute Gasteiger partial charge is 0.323 e. The minimum absolute atomic E-state index is 0.224. The first-order valence-electron chi connectivity index (χ1n) is 13.2. The van der Waals surface area contributed by atoms with Crippen molar-refractivity contribution in [2.75, 3.05) is 5.32 Å². The second-order valence-electron chi connectivity index (χ2n) is 9.98. The number of nitrogens with one attached hydrogen (secondary N) is 1. The van der Waals surface area contributed by atoms with Crippen LogP contribution in [0.5, 0.6) is 0 Å². The summed E-state index contributed by atoms with van der Waals surface area (Å²) in [6.07, 6.45) is 3.01. The van der Waals surface area contributed by atoms with E-state index in [1.165, 1.54) is 5.56 Å². The van der Waals surface area contributed by atoms with Gasteiger partial charge in [-0.05, 0) is 73.4 Å². The van der Waals surface area contributed by atoms with Gasteiger partial charge in [-0.25, -0.2) is 9.48 Å². The van der Waals surface area contributed by atoms with Crippen molar-refractivity contribution < 1.29 is 4.79 Å². The molecule has 0 aliphatic carbocycles. The van der Waals surface area contributed by atoms with Gasteiger partial charge in [0.1, 0.15) is 5.82 Å². The second-order valence-corrected chi connectivity index (χ2v) is 10.4. The molecule has 6 nitrogen and oxygen atoms in total.